The van der Waals surface area contributed by atoms with Crippen LogP contribution in [0.2, 0.25) is 0 Å². The molecule has 1 heterocycles. The van der Waals surface area contributed by atoms with Crippen LogP contribution in [0.1, 0.15) is 11.3 Å². The number of hydrogen-bond acceptors (Lipinski definition) is 2. The zero-order chi connectivity index (χ0) is 9.80. The van der Waals surface area contributed by atoms with Crippen molar-refractivity contribution in [2.24, 2.45) is 0 Å². The molecule has 0 aliphatic heterocycles. The Hall–Kier alpha value is -1.77. The molecule has 72 valence electrons. The molecule has 0 fully saturated rings. The van der Waals surface area contributed by atoms with Crippen LogP contribution in [-0.4, -0.2) is 4.98 Å². The van der Waals surface area contributed by atoms with Crippen LogP contribution in [0, 0.1) is 0 Å². The van der Waals surface area contributed by atoms with Gasteiger partial charge in [0, 0.05) is 12.6 Å². The normalized spacial score (nSPS) is 10.3. The van der Waals surface area contributed by atoms with E-state index in [0.29, 0.717) is 5.76 Å². The molecular formula is C11H11NO2. The van der Waals surface area contributed by atoms with Crippen molar-refractivity contribution < 1.29 is 4.42 Å². The van der Waals surface area contributed by atoms with Gasteiger partial charge >= 0.3 is 5.76 Å². The summed E-state index contributed by atoms with van der Waals surface area (Å²) in [5.74, 6) is 0.326. The molecule has 1 aromatic carbocycles. The SMILES string of the molecule is O=c1[nH]cc(CCc2ccccc2)o1. The van der Waals surface area contributed by atoms with E-state index in [2.05, 4.69) is 17.1 Å². The predicted molar refractivity (Wildman–Crippen MR) is 53.2 cm³/mol. The van der Waals surface area contributed by atoms with Gasteiger partial charge < -0.3 is 4.42 Å². The maximum atomic E-state index is 10.7. The lowest BCUT2D eigenvalue weighted by Gasteiger charge is -1.96. The number of oxazole rings is 1. The molecule has 0 bridgehead atoms. The first kappa shape index (κ1) is 8.81. The van der Waals surface area contributed by atoms with E-state index in [-0.39, 0.29) is 5.76 Å². The summed E-state index contributed by atoms with van der Waals surface area (Å²) in [6.07, 6.45) is 3.26. The summed E-state index contributed by atoms with van der Waals surface area (Å²) in [5.41, 5.74) is 1.25. The van der Waals surface area contributed by atoms with Gasteiger partial charge in [0.15, 0.2) is 0 Å². The fourth-order valence-corrected chi connectivity index (χ4v) is 1.35. The monoisotopic (exact) mass is 189 g/mol. The Morgan fingerprint density at radius 3 is 2.57 bits per heavy atom. The van der Waals surface area contributed by atoms with Crippen LogP contribution in [-0.2, 0) is 12.8 Å². The number of nitrogens with one attached hydrogen (secondary N) is 1. The van der Waals surface area contributed by atoms with Gasteiger partial charge in [-0.05, 0) is 12.0 Å². The Morgan fingerprint density at radius 1 is 1.14 bits per heavy atom. The molecule has 0 aliphatic rings. The van der Waals surface area contributed by atoms with Crippen molar-refractivity contribution in [2.45, 2.75) is 12.8 Å². The second-order valence-corrected chi connectivity index (χ2v) is 3.13. The number of hydrogen-bond donors (Lipinski definition) is 1. The van der Waals surface area contributed by atoms with E-state index in [1.54, 1.807) is 6.20 Å². The molecule has 3 nitrogen and oxygen atoms in total. The number of aryl methyl sites for hydroxylation is 2. The van der Waals surface area contributed by atoms with E-state index in [1.807, 2.05) is 18.2 Å². The van der Waals surface area contributed by atoms with E-state index in [9.17, 15) is 4.79 Å². The second kappa shape index (κ2) is 3.96. The molecule has 0 saturated heterocycles. The number of aromatic amines is 1. The summed E-state index contributed by atoms with van der Waals surface area (Å²) in [6.45, 7) is 0. The Bertz CT molecular complexity index is 442. The number of benzene rings is 1. The quantitative estimate of drug-likeness (QED) is 0.799. The molecule has 1 N–H and O–H groups in total. The number of rotatable bonds is 3. The number of H-pyrrole nitrogens is 1. The van der Waals surface area contributed by atoms with E-state index in [1.165, 1.54) is 5.56 Å². The first-order valence-corrected chi connectivity index (χ1v) is 4.56. The fraction of sp³-hybridized carbons (Fsp3) is 0.182. The summed E-state index contributed by atoms with van der Waals surface area (Å²) in [6, 6.07) is 10.1. The minimum Gasteiger partial charge on any atom is -0.413 e. The molecule has 2 aromatic rings. The highest BCUT2D eigenvalue weighted by molar-refractivity contribution is 5.15. The van der Waals surface area contributed by atoms with E-state index < -0.39 is 0 Å². The van der Waals surface area contributed by atoms with Gasteiger partial charge in [0.2, 0.25) is 0 Å². The first-order valence-electron chi connectivity index (χ1n) is 4.56. The predicted octanol–water partition coefficient (Wildman–Crippen LogP) is 1.75. The average molecular weight is 189 g/mol. The van der Waals surface area contributed by atoms with Crippen LogP contribution in [0.4, 0.5) is 0 Å². The van der Waals surface area contributed by atoms with Crippen molar-refractivity contribution >= 4 is 0 Å². The summed E-state index contributed by atoms with van der Waals surface area (Å²) >= 11 is 0. The highest BCUT2D eigenvalue weighted by Crippen LogP contribution is 2.04. The van der Waals surface area contributed by atoms with Crippen LogP contribution in [0.3, 0.4) is 0 Å². The van der Waals surface area contributed by atoms with Gasteiger partial charge in [-0.3, -0.25) is 4.98 Å². The Balaban J connectivity index is 1.98. The lowest BCUT2D eigenvalue weighted by Crippen LogP contribution is -1.93. The third-order valence-corrected chi connectivity index (χ3v) is 2.08. The van der Waals surface area contributed by atoms with E-state index in [4.69, 9.17) is 4.42 Å². The first-order chi connectivity index (χ1) is 6.84. The van der Waals surface area contributed by atoms with Crippen molar-refractivity contribution in [1.29, 1.82) is 0 Å². The van der Waals surface area contributed by atoms with Gasteiger partial charge in [-0.25, -0.2) is 4.79 Å². The molecule has 14 heavy (non-hydrogen) atoms. The second-order valence-electron chi connectivity index (χ2n) is 3.13. The van der Waals surface area contributed by atoms with Crippen LogP contribution >= 0.6 is 0 Å². The van der Waals surface area contributed by atoms with Crippen molar-refractivity contribution in [3.05, 3.63) is 58.4 Å². The molecule has 0 atom stereocenters. The minimum atomic E-state index is -0.381. The molecule has 0 unspecified atom stereocenters. The minimum absolute atomic E-state index is 0.381. The molecule has 0 amide bonds. The lowest BCUT2D eigenvalue weighted by molar-refractivity contribution is 0.468. The molecule has 0 spiro atoms. The van der Waals surface area contributed by atoms with Crippen molar-refractivity contribution in [2.75, 3.05) is 0 Å². The molecular weight excluding hydrogens is 178 g/mol. The topological polar surface area (TPSA) is 46.0 Å². The summed E-state index contributed by atoms with van der Waals surface area (Å²) in [7, 11) is 0. The van der Waals surface area contributed by atoms with Gasteiger partial charge in [0.25, 0.3) is 0 Å². The summed E-state index contributed by atoms with van der Waals surface area (Å²) in [4.78, 5) is 13.2. The van der Waals surface area contributed by atoms with Gasteiger partial charge in [-0.15, -0.1) is 0 Å². The van der Waals surface area contributed by atoms with Crippen molar-refractivity contribution in [1.82, 2.24) is 4.98 Å². The highest BCUT2D eigenvalue weighted by atomic mass is 16.4. The maximum absolute atomic E-state index is 10.7. The Kier molecular flexibility index (Phi) is 2.49. The Labute approximate surface area is 81.4 Å². The summed E-state index contributed by atoms with van der Waals surface area (Å²) < 4.78 is 4.89. The molecule has 0 aliphatic carbocycles. The molecule has 0 saturated carbocycles. The van der Waals surface area contributed by atoms with Crippen LogP contribution < -0.4 is 5.76 Å². The van der Waals surface area contributed by atoms with Gasteiger partial charge in [0.05, 0.1) is 0 Å². The lowest BCUT2D eigenvalue weighted by atomic mass is 10.1. The third-order valence-electron chi connectivity index (χ3n) is 2.08. The van der Waals surface area contributed by atoms with Crippen LogP contribution in [0.5, 0.6) is 0 Å². The standard InChI is InChI=1S/C11H11NO2/c13-11-12-8-10(14-11)7-6-9-4-2-1-3-5-9/h1-5,8H,6-7H2,(H,12,13). The zero-order valence-corrected chi connectivity index (χ0v) is 7.69. The van der Waals surface area contributed by atoms with Gasteiger partial charge in [0.1, 0.15) is 5.76 Å². The summed E-state index contributed by atoms with van der Waals surface area (Å²) in [5, 5.41) is 0. The molecule has 1 aromatic heterocycles. The molecule has 3 heteroatoms. The largest absolute Gasteiger partial charge is 0.416 e. The van der Waals surface area contributed by atoms with Crippen LogP contribution in [0.15, 0.2) is 45.7 Å². The van der Waals surface area contributed by atoms with Crippen molar-refractivity contribution in [3.63, 3.8) is 0 Å². The highest BCUT2D eigenvalue weighted by Gasteiger charge is 1.99. The van der Waals surface area contributed by atoms with E-state index in [0.717, 1.165) is 12.8 Å². The zero-order valence-electron chi connectivity index (χ0n) is 7.69. The fourth-order valence-electron chi connectivity index (χ4n) is 1.35. The van der Waals surface area contributed by atoms with Crippen LogP contribution in [0.25, 0.3) is 0 Å². The number of aromatic nitrogens is 1. The smallest absolute Gasteiger partial charge is 0.413 e. The maximum Gasteiger partial charge on any atom is 0.416 e. The van der Waals surface area contributed by atoms with Crippen molar-refractivity contribution in [3.8, 4) is 0 Å². The Morgan fingerprint density at radius 2 is 1.93 bits per heavy atom. The van der Waals surface area contributed by atoms with Gasteiger partial charge in [-0.2, -0.15) is 0 Å². The molecule has 2 rings (SSSR count). The average Bonchev–Trinajstić information content (AvgIpc) is 2.63. The van der Waals surface area contributed by atoms with Gasteiger partial charge in [-0.1, -0.05) is 30.3 Å². The third kappa shape index (κ3) is 2.13. The van der Waals surface area contributed by atoms with E-state index >= 15 is 0 Å². The molecule has 0 radical (unpaired) electrons.